The van der Waals surface area contributed by atoms with Crippen LogP contribution in [0.1, 0.15) is 34.1 Å². The summed E-state index contributed by atoms with van der Waals surface area (Å²) in [4.78, 5) is 0. The van der Waals surface area contributed by atoms with Crippen molar-refractivity contribution in [1.82, 2.24) is 0 Å². The molecule has 0 spiro atoms. The zero-order chi connectivity index (χ0) is 7.72. The SMILES string of the molecule is CC1=C(C(C)C)CC(C)O1. The molecular formula is C9H16O. The normalized spacial score (nSPS) is 25.9. The van der Waals surface area contributed by atoms with Crippen LogP contribution in [0.15, 0.2) is 11.3 Å². The lowest BCUT2D eigenvalue weighted by atomic mass is 9.99. The lowest BCUT2D eigenvalue weighted by Crippen LogP contribution is -1.98. The fourth-order valence-electron chi connectivity index (χ4n) is 1.51. The van der Waals surface area contributed by atoms with Crippen molar-refractivity contribution in [2.75, 3.05) is 0 Å². The van der Waals surface area contributed by atoms with Crippen LogP contribution < -0.4 is 0 Å². The van der Waals surface area contributed by atoms with E-state index in [1.807, 2.05) is 0 Å². The van der Waals surface area contributed by atoms with Crippen molar-refractivity contribution in [3.8, 4) is 0 Å². The molecule has 1 atom stereocenters. The summed E-state index contributed by atoms with van der Waals surface area (Å²) < 4.78 is 5.51. The molecule has 0 aromatic rings. The van der Waals surface area contributed by atoms with Crippen LogP contribution in [-0.4, -0.2) is 6.10 Å². The number of rotatable bonds is 1. The minimum Gasteiger partial charge on any atom is -0.495 e. The third kappa shape index (κ3) is 1.34. The second kappa shape index (κ2) is 2.65. The summed E-state index contributed by atoms with van der Waals surface area (Å²) in [5, 5.41) is 0. The van der Waals surface area contributed by atoms with E-state index in [9.17, 15) is 0 Å². The van der Waals surface area contributed by atoms with Gasteiger partial charge >= 0.3 is 0 Å². The summed E-state index contributed by atoms with van der Waals surface area (Å²) in [6.07, 6.45) is 1.54. The molecule has 0 fully saturated rings. The Bertz CT molecular complexity index is 156. The van der Waals surface area contributed by atoms with Gasteiger partial charge in [0.1, 0.15) is 0 Å². The van der Waals surface area contributed by atoms with E-state index in [-0.39, 0.29) is 0 Å². The van der Waals surface area contributed by atoms with Crippen molar-refractivity contribution in [2.24, 2.45) is 5.92 Å². The van der Waals surface area contributed by atoms with Gasteiger partial charge in [-0.3, -0.25) is 0 Å². The first kappa shape index (κ1) is 7.64. The highest BCUT2D eigenvalue weighted by Gasteiger charge is 2.20. The maximum Gasteiger partial charge on any atom is 0.0992 e. The smallest absolute Gasteiger partial charge is 0.0992 e. The molecule has 1 aliphatic rings. The number of ether oxygens (including phenoxy) is 1. The zero-order valence-corrected chi connectivity index (χ0v) is 7.27. The van der Waals surface area contributed by atoms with Crippen LogP contribution in [0.25, 0.3) is 0 Å². The molecule has 1 heteroatoms. The predicted molar refractivity (Wildman–Crippen MR) is 42.7 cm³/mol. The Morgan fingerprint density at radius 2 is 2.10 bits per heavy atom. The molecule has 0 aromatic heterocycles. The van der Waals surface area contributed by atoms with Gasteiger partial charge in [-0.15, -0.1) is 0 Å². The van der Waals surface area contributed by atoms with Gasteiger partial charge in [-0.2, -0.15) is 0 Å². The minimum atomic E-state index is 0.414. The molecule has 1 rings (SSSR count). The molecule has 1 aliphatic heterocycles. The molecule has 58 valence electrons. The van der Waals surface area contributed by atoms with Crippen molar-refractivity contribution in [3.63, 3.8) is 0 Å². The van der Waals surface area contributed by atoms with Gasteiger partial charge in [0.25, 0.3) is 0 Å². The molecule has 1 nitrogen and oxygen atoms in total. The van der Waals surface area contributed by atoms with E-state index in [1.165, 1.54) is 5.57 Å². The van der Waals surface area contributed by atoms with Crippen molar-refractivity contribution in [3.05, 3.63) is 11.3 Å². The summed E-state index contributed by atoms with van der Waals surface area (Å²) in [5.41, 5.74) is 1.49. The molecule has 1 heterocycles. The first-order chi connectivity index (χ1) is 4.61. The van der Waals surface area contributed by atoms with Crippen LogP contribution in [0.3, 0.4) is 0 Å². The van der Waals surface area contributed by atoms with Crippen LogP contribution >= 0.6 is 0 Å². The Hall–Kier alpha value is -0.460. The summed E-state index contributed by atoms with van der Waals surface area (Å²) in [6.45, 7) is 8.64. The van der Waals surface area contributed by atoms with E-state index in [4.69, 9.17) is 4.74 Å². The summed E-state index contributed by atoms with van der Waals surface area (Å²) in [6, 6.07) is 0. The average molecular weight is 140 g/mol. The Morgan fingerprint density at radius 3 is 2.30 bits per heavy atom. The summed E-state index contributed by atoms with van der Waals surface area (Å²) in [5.74, 6) is 1.81. The van der Waals surface area contributed by atoms with Gasteiger partial charge in [-0.05, 0) is 25.3 Å². The van der Waals surface area contributed by atoms with Crippen molar-refractivity contribution in [1.29, 1.82) is 0 Å². The number of hydrogen-bond acceptors (Lipinski definition) is 1. The van der Waals surface area contributed by atoms with E-state index >= 15 is 0 Å². The quantitative estimate of drug-likeness (QED) is 0.544. The van der Waals surface area contributed by atoms with Crippen LogP contribution in [0.2, 0.25) is 0 Å². The maximum atomic E-state index is 5.51. The molecule has 0 amide bonds. The van der Waals surface area contributed by atoms with E-state index in [0.717, 1.165) is 12.2 Å². The molecule has 0 N–H and O–H groups in total. The van der Waals surface area contributed by atoms with Gasteiger partial charge in [0.2, 0.25) is 0 Å². The van der Waals surface area contributed by atoms with Crippen molar-refractivity contribution in [2.45, 2.75) is 40.2 Å². The highest BCUT2D eigenvalue weighted by Crippen LogP contribution is 2.29. The zero-order valence-electron chi connectivity index (χ0n) is 7.27. The third-order valence-electron chi connectivity index (χ3n) is 2.03. The maximum absolute atomic E-state index is 5.51. The Labute approximate surface area is 63.1 Å². The van der Waals surface area contributed by atoms with Gasteiger partial charge < -0.3 is 4.74 Å². The van der Waals surface area contributed by atoms with Crippen molar-refractivity contribution >= 4 is 0 Å². The fraction of sp³-hybridized carbons (Fsp3) is 0.778. The van der Waals surface area contributed by atoms with E-state index in [0.29, 0.717) is 12.0 Å². The first-order valence-electron chi connectivity index (χ1n) is 3.97. The van der Waals surface area contributed by atoms with E-state index in [2.05, 4.69) is 27.7 Å². The highest BCUT2D eigenvalue weighted by atomic mass is 16.5. The summed E-state index contributed by atoms with van der Waals surface area (Å²) in [7, 11) is 0. The molecular weight excluding hydrogens is 124 g/mol. The predicted octanol–water partition coefficient (Wildman–Crippen LogP) is 2.73. The molecule has 0 saturated heterocycles. The van der Waals surface area contributed by atoms with Crippen LogP contribution in [0.5, 0.6) is 0 Å². The molecule has 0 radical (unpaired) electrons. The lowest BCUT2D eigenvalue weighted by molar-refractivity contribution is 0.161. The monoisotopic (exact) mass is 140 g/mol. The average Bonchev–Trinajstić information content (AvgIpc) is 2.10. The standard InChI is InChI=1S/C9H16O/c1-6(2)9-5-7(3)10-8(9)4/h6-7H,5H2,1-4H3. The lowest BCUT2D eigenvalue weighted by Gasteiger charge is -2.03. The van der Waals surface area contributed by atoms with Crippen LogP contribution in [0, 0.1) is 5.92 Å². The Morgan fingerprint density at radius 1 is 1.50 bits per heavy atom. The number of allylic oxidation sites excluding steroid dienone is 1. The Balaban J connectivity index is 2.66. The fourth-order valence-corrected chi connectivity index (χ4v) is 1.51. The topological polar surface area (TPSA) is 9.23 Å². The Kier molecular flexibility index (Phi) is 2.02. The molecule has 0 bridgehead atoms. The minimum absolute atomic E-state index is 0.414. The summed E-state index contributed by atoms with van der Waals surface area (Å²) >= 11 is 0. The molecule has 1 unspecified atom stereocenters. The third-order valence-corrected chi connectivity index (χ3v) is 2.03. The van der Waals surface area contributed by atoms with Crippen LogP contribution in [-0.2, 0) is 4.74 Å². The van der Waals surface area contributed by atoms with E-state index < -0.39 is 0 Å². The van der Waals surface area contributed by atoms with Gasteiger partial charge in [-0.25, -0.2) is 0 Å². The largest absolute Gasteiger partial charge is 0.495 e. The van der Waals surface area contributed by atoms with Gasteiger partial charge in [-0.1, -0.05) is 13.8 Å². The second-order valence-electron chi connectivity index (χ2n) is 3.37. The van der Waals surface area contributed by atoms with E-state index in [1.54, 1.807) is 0 Å². The molecule has 10 heavy (non-hydrogen) atoms. The highest BCUT2D eigenvalue weighted by molar-refractivity contribution is 5.14. The molecule has 0 saturated carbocycles. The van der Waals surface area contributed by atoms with Gasteiger partial charge in [0.15, 0.2) is 0 Å². The molecule has 0 aliphatic carbocycles. The van der Waals surface area contributed by atoms with Crippen molar-refractivity contribution < 1.29 is 4.74 Å². The second-order valence-corrected chi connectivity index (χ2v) is 3.37. The first-order valence-corrected chi connectivity index (χ1v) is 3.97. The van der Waals surface area contributed by atoms with Gasteiger partial charge in [0, 0.05) is 6.42 Å². The number of hydrogen-bond donors (Lipinski definition) is 0. The van der Waals surface area contributed by atoms with Gasteiger partial charge in [0.05, 0.1) is 11.9 Å². The molecule has 0 aromatic carbocycles. The van der Waals surface area contributed by atoms with Crippen LogP contribution in [0.4, 0.5) is 0 Å².